The molecule has 120 heavy (non-hydrogen) atoms. The van der Waals surface area contributed by atoms with Crippen LogP contribution in [0.5, 0.6) is 0 Å². The van der Waals surface area contributed by atoms with Gasteiger partial charge in [0.05, 0.1) is 45.5 Å². The van der Waals surface area contributed by atoms with Crippen LogP contribution < -0.4 is 40.1 Å². The number of hydrogen-bond acceptors (Lipinski definition) is 28. The number of aromatic nitrogens is 4. The quantitative estimate of drug-likeness (QED) is 0.0260. The van der Waals surface area contributed by atoms with Crippen LogP contribution in [0.2, 0.25) is 11.3 Å². The second-order valence-electron chi connectivity index (χ2n) is 24.7. The second kappa shape index (κ2) is 37.2. The number of Topliss-reactive ketones (excluding diaryl/α,β-unsaturated/α-hetero) is 4. The highest BCUT2D eigenvalue weighted by Gasteiger charge is 2.33. The van der Waals surface area contributed by atoms with E-state index in [4.69, 9.17) is 70.5 Å². The molecule has 8 aromatic heterocycles. The maximum Gasteiger partial charge on any atom is 0.267 e. The summed E-state index contributed by atoms with van der Waals surface area (Å²) in [5.74, 6) is -11.7. The fourth-order valence-electron chi connectivity index (χ4n) is 9.98. The van der Waals surface area contributed by atoms with E-state index in [0.29, 0.717) is 67.5 Å². The zero-order chi connectivity index (χ0) is 121. The summed E-state index contributed by atoms with van der Waals surface area (Å²) in [5, 5.41) is 18.6. The summed E-state index contributed by atoms with van der Waals surface area (Å²) in [5.41, 5.74) is -10.0. The minimum Gasteiger partial charge on any atom is -0.337 e. The predicted molar refractivity (Wildman–Crippen MR) is 460 cm³/mol. The number of rotatable bonds is 24. The summed E-state index contributed by atoms with van der Waals surface area (Å²) in [6.07, 6.45) is 0. The van der Waals surface area contributed by atoms with E-state index in [1.807, 2.05) is 0 Å². The molecule has 8 heterocycles. The molecule has 0 unspecified atom stereocenters. The Morgan fingerprint density at radius 2 is 0.558 bits per heavy atom. The number of sulfonamides is 4. The third-order valence-corrected chi connectivity index (χ3v) is 25.2. The summed E-state index contributed by atoms with van der Waals surface area (Å²) in [7, 11) is -19.8. The van der Waals surface area contributed by atoms with Gasteiger partial charge in [0.1, 0.15) is 39.1 Å². The van der Waals surface area contributed by atoms with E-state index in [9.17, 15) is 72.0 Å². The number of nitrogens with zero attached hydrogens (tertiary/aromatic N) is 4. The Labute approximate surface area is 761 Å². The van der Waals surface area contributed by atoms with Crippen molar-refractivity contribution in [1.82, 2.24) is 20.6 Å². The van der Waals surface area contributed by atoms with Gasteiger partial charge >= 0.3 is 0 Å². The molecule has 8 N–H and O–H groups in total. The van der Waals surface area contributed by atoms with Crippen molar-refractivity contribution in [2.75, 3.05) is 40.1 Å². The maximum absolute atomic E-state index is 13.5. The molecule has 0 aliphatic heterocycles. The number of thiophene rings is 4. The lowest BCUT2D eigenvalue weighted by Gasteiger charge is -2.14. The first-order valence-electron chi connectivity index (χ1n) is 51.6. The molecule has 0 atom stereocenters. The number of ketones is 4. The van der Waals surface area contributed by atoms with E-state index < -0.39 is 308 Å². The third-order valence-electron chi connectivity index (χ3n) is 15.9. The van der Waals surface area contributed by atoms with Gasteiger partial charge in [0.15, 0.2) is 34.4 Å². The summed E-state index contributed by atoms with van der Waals surface area (Å²) in [6, 6.07) is 11.7. The largest absolute Gasteiger partial charge is 0.337 e. The lowest BCUT2D eigenvalue weighted by atomic mass is 10.0. The van der Waals surface area contributed by atoms with Crippen molar-refractivity contribution in [3.05, 3.63) is 226 Å². The van der Waals surface area contributed by atoms with E-state index in [1.54, 1.807) is 19.9 Å². The molecule has 0 aliphatic rings. The van der Waals surface area contributed by atoms with Crippen LogP contribution in [0.25, 0.3) is 0 Å². The molecule has 0 radical (unpaired) electrons. The van der Waals surface area contributed by atoms with Gasteiger partial charge in [-0.05, 0) is 252 Å². The van der Waals surface area contributed by atoms with Gasteiger partial charge in [-0.1, -0.05) is 44.9 Å². The molecule has 4 aromatic carbocycles. The number of benzene rings is 4. The molecule has 0 aliphatic carbocycles. The summed E-state index contributed by atoms with van der Waals surface area (Å²) in [4.78, 5) is 97.6. The van der Waals surface area contributed by atoms with Crippen molar-refractivity contribution < 1.29 is 143 Å². The number of aryl methyl sites for hydroxylation is 12. The Kier molecular flexibility index (Phi) is 16.2. The average molecular weight is 1830 g/mol. The average Bonchev–Trinajstić information content (AvgIpc) is 1.35. The van der Waals surface area contributed by atoms with Crippen LogP contribution in [0.1, 0.15) is 238 Å². The van der Waals surface area contributed by atoms with E-state index in [-0.39, 0.29) is 62.9 Å². The Morgan fingerprint density at radius 3 is 0.817 bits per heavy atom. The Bertz CT molecular complexity index is 8170. The standard InChI is InChI=1S/4C20H21N3O5S2/c4*1-10-8-11(2)17(15(9-10)14(5)24)21-19(25)18-16(6-7-29-18)30(26,27)23-20-12(3)13(4)22-28-20/h4*6-9,23H,1-5H3,(H,21,25)/i1D3,2D3,4D3;1D3,2D3,3D3;3D3,4D3;1D3,2D3/hD8. The van der Waals surface area contributed by atoms with Crippen LogP contribution in [0, 0.1) is 110 Å². The first kappa shape index (κ1) is 52.2. The van der Waals surface area contributed by atoms with Crippen LogP contribution in [0.3, 0.4) is 0 Å². The van der Waals surface area contributed by atoms with Crippen molar-refractivity contribution in [2.24, 2.45) is 0 Å². The van der Waals surface area contributed by atoms with Gasteiger partial charge in [0, 0.05) is 85.6 Å². The number of carbonyl (C=O) groups excluding carboxylic acids is 8. The van der Waals surface area contributed by atoms with Gasteiger partial charge in [-0.2, -0.15) is 0 Å². The predicted octanol–water partition coefficient (Wildman–Crippen LogP) is 16.9. The molecule has 0 saturated heterocycles. The monoisotopic (exact) mass is 1830 g/mol. The smallest absolute Gasteiger partial charge is 0.267 e. The number of anilines is 8. The molecule has 4 amide bonds. The van der Waals surface area contributed by atoms with Crippen molar-refractivity contribution in [3.63, 3.8) is 0 Å². The van der Waals surface area contributed by atoms with Crippen LogP contribution in [0.4, 0.5) is 46.3 Å². The molecular formula is C80H84N12O20S8. The summed E-state index contributed by atoms with van der Waals surface area (Å²) >= 11 is 2.25. The number of carbonyl (C=O) groups is 8. The Hall–Kier alpha value is -11.9. The first-order chi connectivity index (χ1) is 71.6. The van der Waals surface area contributed by atoms with Gasteiger partial charge in [-0.3, -0.25) is 38.4 Å². The normalized spacial score (nSPS) is 17.1. The number of nitrogens with one attached hydrogen (secondary N) is 8. The van der Waals surface area contributed by atoms with Crippen LogP contribution >= 0.6 is 45.3 Å². The van der Waals surface area contributed by atoms with Gasteiger partial charge in [-0.15, -0.1) is 45.3 Å². The van der Waals surface area contributed by atoms with Crippen molar-refractivity contribution in [3.8, 4) is 0 Å². The lowest BCUT2D eigenvalue weighted by Crippen LogP contribution is -2.20. The molecular weight excluding hydrogens is 1710 g/mol. The van der Waals surface area contributed by atoms with Crippen molar-refractivity contribution >= 4 is 178 Å². The van der Waals surface area contributed by atoms with E-state index in [1.165, 1.54) is 51.4 Å². The van der Waals surface area contributed by atoms with Crippen molar-refractivity contribution in [1.29, 1.82) is 0 Å². The van der Waals surface area contributed by atoms with Crippen molar-refractivity contribution in [2.45, 2.75) is 157 Å². The maximum atomic E-state index is 13.5. The zero-order valence-electron chi connectivity index (χ0n) is 101. The van der Waals surface area contributed by atoms with E-state index in [0.717, 1.165) is 92.2 Å². The topological polar surface area (TPSA) is 473 Å². The van der Waals surface area contributed by atoms with Gasteiger partial charge < -0.3 is 39.3 Å². The molecule has 0 saturated carbocycles. The van der Waals surface area contributed by atoms with Gasteiger partial charge in [-0.25, -0.2) is 52.5 Å². The molecule has 32 nitrogen and oxygen atoms in total. The zero-order valence-corrected chi connectivity index (χ0v) is 69.6. The molecule has 40 heteroatoms. The van der Waals surface area contributed by atoms with Crippen LogP contribution in [0.15, 0.2) is 132 Å². The molecule has 0 fully saturated rings. The van der Waals surface area contributed by atoms with Gasteiger partial charge in [0.2, 0.25) is 23.5 Å². The minimum absolute atomic E-state index is 0.0205. The Morgan fingerprint density at radius 1 is 0.317 bits per heavy atom. The SMILES string of the molecule is [2H]N(C(=O)c1sccc1S(=O)(=O)N([2H])c1onc(C([2H])([2H])[2H])c1C([2H])([2H])[2H])c1c(C)cc(C)cc1C(C)=O.[2H]N(C(=O)c1sccc1S(=O)(=O)N([2H])c1onc(C([2H])([2H])[2H])c1C)c1c(C(C)=O)cc(C([2H])([2H])[2H])cc1C([2H])([2H])[2H].[2H]N(C(=O)c1sccc1S(=O)(=O)N([2H])c1onc(C)c1C([2H])([2H])[2H])c1c(C(C)=O)cc(C([2H])([2H])[2H])cc1C([2H])([2H])[2H].[2H]N(C(=O)c1sccc1S(=O)(=O)N([2H])c1onc(C)c1C)c1c(C(C)=O)cc(C([2H])([2H])[2H])cc1C([2H])([2H])[2H]. The molecule has 632 valence electrons. The minimum atomic E-state index is -5.06. The highest BCUT2D eigenvalue weighted by atomic mass is 32.2. The van der Waals surface area contributed by atoms with E-state index in [2.05, 4.69) is 20.6 Å². The lowest BCUT2D eigenvalue weighted by molar-refractivity contribution is 0.100. The van der Waals surface area contributed by atoms with Crippen LogP contribution in [-0.2, 0) is 40.1 Å². The first-order valence-corrected chi connectivity index (χ1v) is 42.3. The highest BCUT2D eigenvalue weighted by molar-refractivity contribution is 7.94. The third kappa shape index (κ3) is 21.0. The number of hydrogen-bond donors (Lipinski definition) is 8. The number of amides is 4. The molecule has 12 aromatic rings. The fraction of sp³-hybridized carbons (Fsp3) is 0.250. The molecule has 12 rings (SSSR count). The Balaban J connectivity index is 0.000000233. The van der Waals surface area contributed by atoms with Crippen LogP contribution in [-0.4, -0.2) is 101 Å². The summed E-state index contributed by atoms with van der Waals surface area (Å²) in [6.45, 7) is -16.9. The highest BCUT2D eigenvalue weighted by Crippen LogP contribution is 2.36. The fourth-order valence-corrected chi connectivity index (χ4v) is 19.0. The van der Waals surface area contributed by atoms with Gasteiger partial charge in [0.25, 0.3) is 63.7 Å². The molecule has 0 spiro atoms. The summed E-state index contributed by atoms with van der Waals surface area (Å²) < 4.78 is 421. The second-order valence-corrected chi connectivity index (χ2v) is 34.6. The molecule has 0 bridgehead atoms. The van der Waals surface area contributed by atoms with E-state index >= 15 is 0 Å².